The molecule has 1 atom stereocenters. The molecule has 1 aromatic rings. The fourth-order valence-corrected chi connectivity index (χ4v) is 2.51. The van der Waals surface area contributed by atoms with Gasteiger partial charge in [-0.2, -0.15) is 0 Å². The van der Waals surface area contributed by atoms with Crippen LogP contribution in [0.25, 0.3) is 0 Å². The molecule has 1 aromatic carbocycles. The van der Waals surface area contributed by atoms with Crippen molar-refractivity contribution in [1.29, 1.82) is 0 Å². The number of amides is 1. The summed E-state index contributed by atoms with van der Waals surface area (Å²) < 4.78 is 5.84. The zero-order valence-electron chi connectivity index (χ0n) is 11.2. The highest BCUT2D eigenvalue weighted by Crippen LogP contribution is 2.24. The zero-order chi connectivity index (χ0) is 13.7. The number of carbonyl (C=O) groups is 1. The van der Waals surface area contributed by atoms with Crippen molar-refractivity contribution >= 4 is 5.91 Å². The van der Waals surface area contributed by atoms with Crippen LogP contribution in [0.5, 0.6) is 0 Å². The van der Waals surface area contributed by atoms with Crippen LogP contribution in [0.1, 0.15) is 37.7 Å². The van der Waals surface area contributed by atoms with Crippen molar-refractivity contribution < 1.29 is 9.53 Å². The van der Waals surface area contributed by atoms with Gasteiger partial charge < -0.3 is 16.2 Å². The Hall–Kier alpha value is -1.39. The van der Waals surface area contributed by atoms with Crippen LogP contribution in [0.4, 0.5) is 0 Å². The van der Waals surface area contributed by atoms with E-state index in [1.54, 1.807) is 0 Å². The third kappa shape index (κ3) is 3.33. The molecule has 0 spiro atoms. The van der Waals surface area contributed by atoms with Gasteiger partial charge in [-0.25, -0.2) is 0 Å². The number of hydrogen-bond acceptors (Lipinski definition) is 3. The Balaban J connectivity index is 2.05. The van der Waals surface area contributed by atoms with E-state index in [0.717, 1.165) is 12.8 Å². The molecule has 104 valence electrons. The summed E-state index contributed by atoms with van der Waals surface area (Å²) >= 11 is 0. The van der Waals surface area contributed by atoms with Crippen molar-refractivity contribution in [2.45, 2.75) is 43.7 Å². The summed E-state index contributed by atoms with van der Waals surface area (Å²) in [6, 6.07) is 9.21. The van der Waals surface area contributed by atoms with Crippen LogP contribution in [0.15, 0.2) is 30.3 Å². The van der Waals surface area contributed by atoms with Crippen molar-refractivity contribution in [3.63, 3.8) is 0 Å². The Bertz CT molecular complexity index is 415. The van der Waals surface area contributed by atoms with Crippen LogP contribution in [-0.2, 0) is 15.1 Å². The number of hydrogen-bond donors (Lipinski definition) is 2. The Morgan fingerprint density at radius 3 is 2.42 bits per heavy atom. The lowest BCUT2D eigenvalue weighted by Gasteiger charge is -2.30. The van der Waals surface area contributed by atoms with Gasteiger partial charge in [-0.3, -0.25) is 4.79 Å². The van der Waals surface area contributed by atoms with Gasteiger partial charge in [0.15, 0.2) is 0 Å². The molecular formula is C15H22N2O2. The summed E-state index contributed by atoms with van der Waals surface area (Å²) in [6.07, 6.45) is 5.93. The van der Waals surface area contributed by atoms with E-state index < -0.39 is 11.4 Å². The van der Waals surface area contributed by atoms with E-state index in [2.05, 4.69) is 0 Å². The molecule has 4 N–H and O–H groups in total. The van der Waals surface area contributed by atoms with Gasteiger partial charge in [-0.15, -0.1) is 0 Å². The molecule has 1 unspecified atom stereocenters. The van der Waals surface area contributed by atoms with Crippen LogP contribution in [0.2, 0.25) is 0 Å². The van der Waals surface area contributed by atoms with Gasteiger partial charge in [-0.05, 0) is 18.4 Å². The van der Waals surface area contributed by atoms with Gasteiger partial charge in [0.05, 0.1) is 12.7 Å². The number of primary amides is 1. The molecular weight excluding hydrogens is 240 g/mol. The Labute approximate surface area is 114 Å². The number of nitrogens with two attached hydrogens (primary N) is 2. The first-order chi connectivity index (χ1) is 9.13. The van der Waals surface area contributed by atoms with Gasteiger partial charge >= 0.3 is 0 Å². The Morgan fingerprint density at radius 2 is 1.84 bits per heavy atom. The minimum absolute atomic E-state index is 0.150. The van der Waals surface area contributed by atoms with Gasteiger partial charge in [-0.1, -0.05) is 49.6 Å². The lowest BCUT2D eigenvalue weighted by Crippen LogP contribution is -2.53. The number of carbonyl (C=O) groups excluding carboxylic acids is 1. The first kappa shape index (κ1) is 14.0. The summed E-state index contributed by atoms with van der Waals surface area (Å²) in [6.45, 7) is 0.150. The van der Waals surface area contributed by atoms with Gasteiger partial charge in [0.2, 0.25) is 5.91 Å². The smallest absolute Gasteiger partial charge is 0.244 e. The third-order valence-electron chi connectivity index (χ3n) is 3.83. The van der Waals surface area contributed by atoms with Crippen molar-refractivity contribution in [2.24, 2.45) is 11.5 Å². The highest BCUT2D eigenvalue weighted by Gasteiger charge is 2.35. The molecule has 4 nitrogen and oxygen atoms in total. The number of ether oxygens (including phenoxy) is 1. The first-order valence-corrected chi connectivity index (χ1v) is 6.89. The minimum atomic E-state index is -1.24. The maximum Gasteiger partial charge on any atom is 0.244 e. The lowest BCUT2D eigenvalue weighted by molar-refractivity contribution is -0.127. The molecule has 1 amide bonds. The molecule has 0 aromatic heterocycles. The van der Waals surface area contributed by atoms with Crippen LogP contribution >= 0.6 is 0 Å². The van der Waals surface area contributed by atoms with E-state index in [0.29, 0.717) is 5.56 Å². The lowest BCUT2D eigenvalue weighted by atomic mass is 9.90. The standard InChI is InChI=1S/C15H22N2O2/c16-14(18)15(17,12-7-3-1-4-8-12)11-19-13-9-5-2-6-10-13/h1,3-4,7-8,13H,2,5-6,9-11,17H2,(H2,16,18). The molecule has 0 heterocycles. The van der Waals surface area contributed by atoms with E-state index >= 15 is 0 Å². The molecule has 2 rings (SSSR count). The van der Waals surface area contributed by atoms with Gasteiger partial charge in [0.25, 0.3) is 0 Å². The average molecular weight is 262 g/mol. The topological polar surface area (TPSA) is 78.3 Å². The SMILES string of the molecule is NC(=O)C(N)(COC1CCCCC1)c1ccccc1. The van der Waals surface area contributed by atoms with E-state index in [1.165, 1.54) is 19.3 Å². The highest BCUT2D eigenvalue weighted by atomic mass is 16.5. The quantitative estimate of drug-likeness (QED) is 0.847. The second-order valence-corrected chi connectivity index (χ2v) is 5.27. The van der Waals surface area contributed by atoms with Crippen LogP contribution in [0, 0.1) is 0 Å². The van der Waals surface area contributed by atoms with Crippen molar-refractivity contribution in [3.8, 4) is 0 Å². The Kier molecular flexibility index (Phi) is 4.56. The van der Waals surface area contributed by atoms with Crippen molar-refractivity contribution in [2.75, 3.05) is 6.61 Å². The summed E-state index contributed by atoms with van der Waals surface area (Å²) in [5.41, 5.74) is 11.1. The molecule has 0 radical (unpaired) electrons. The molecule has 0 saturated heterocycles. The zero-order valence-corrected chi connectivity index (χ0v) is 11.2. The van der Waals surface area contributed by atoms with Crippen molar-refractivity contribution in [3.05, 3.63) is 35.9 Å². The summed E-state index contributed by atoms with van der Waals surface area (Å²) in [4.78, 5) is 11.7. The van der Waals surface area contributed by atoms with Crippen molar-refractivity contribution in [1.82, 2.24) is 0 Å². The molecule has 4 heteroatoms. The van der Waals surface area contributed by atoms with Crippen LogP contribution in [-0.4, -0.2) is 18.6 Å². The molecule has 0 aliphatic heterocycles. The minimum Gasteiger partial charge on any atom is -0.375 e. The molecule has 1 aliphatic carbocycles. The predicted molar refractivity (Wildman–Crippen MR) is 74.3 cm³/mol. The second kappa shape index (κ2) is 6.17. The Morgan fingerprint density at radius 1 is 1.21 bits per heavy atom. The molecule has 0 bridgehead atoms. The summed E-state index contributed by atoms with van der Waals surface area (Å²) in [5, 5.41) is 0. The molecule has 1 saturated carbocycles. The van der Waals surface area contributed by atoms with Crippen LogP contribution in [0.3, 0.4) is 0 Å². The van der Waals surface area contributed by atoms with Gasteiger partial charge in [0.1, 0.15) is 5.54 Å². The summed E-state index contributed by atoms with van der Waals surface area (Å²) in [5.74, 6) is -0.547. The maximum atomic E-state index is 11.7. The normalized spacial score (nSPS) is 19.8. The molecule has 1 aliphatic rings. The fourth-order valence-electron chi connectivity index (χ4n) is 2.51. The third-order valence-corrected chi connectivity index (χ3v) is 3.83. The van der Waals surface area contributed by atoms with E-state index in [1.807, 2.05) is 30.3 Å². The number of benzene rings is 1. The molecule has 1 fully saturated rings. The van der Waals surface area contributed by atoms with E-state index in [-0.39, 0.29) is 12.7 Å². The predicted octanol–water partition coefficient (Wildman–Crippen LogP) is 1.68. The number of rotatable bonds is 5. The highest BCUT2D eigenvalue weighted by molar-refractivity contribution is 5.86. The van der Waals surface area contributed by atoms with Crippen LogP contribution < -0.4 is 11.5 Å². The first-order valence-electron chi connectivity index (χ1n) is 6.89. The largest absolute Gasteiger partial charge is 0.375 e. The second-order valence-electron chi connectivity index (χ2n) is 5.27. The van der Waals surface area contributed by atoms with E-state index in [4.69, 9.17) is 16.2 Å². The maximum absolute atomic E-state index is 11.7. The van der Waals surface area contributed by atoms with E-state index in [9.17, 15) is 4.79 Å². The monoisotopic (exact) mass is 262 g/mol. The van der Waals surface area contributed by atoms with Gasteiger partial charge in [0, 0.05) is 0 Å². The fraction of sp³-hybridized carbons (Fsp3) is 0.533. The summed E-state index contributed by atoms with van der Waals surface area (Å²) in [7, 11) is 0. The average Bonchev–Trinajstić information content (AvgIpc) is 2.46. The molecule has 19 heavy (non-hydrogen) atoms.